The van der Waals surface area contributed by atoms with Crippen LogP contribution >= 0.6 is 0 Å². The van der Waals surface area contributed by atoms with E-state index in [1.165, 1.54) is 12.1 Å². The number of allylic oxidation sites excluding steroid dienone is 1. The van der Waals surface area contributed by atoms with Gasteiger partial charge in [-0.1, -0.05) is 19.1 Å². The third-order valence-corrected chi connectivity index (χ3v) is 2.68. The Morgan fingerprint density at radius 1 is 1.42 bits per heavy atom. The molecule has 0 unspecified atom stereocenters. The first-order valence-electron chi connectivity index (χ1n) is 5.99. The summed E-state index contributed by atoms with van der Waals surface area (Å²) < 4.78 is 5.08. The molecule has 2 rings (SSSR count). The van der Waals surface area contributed by atoms with Gasteiger partial charge in [-0.05, 0) is 24.1 Å². The van der Waals surface area contributed by atoms with E-state index in [2.05, 4.69) is 0 Å². The van der Waals surface area contributed by atoms with Crippen LogP contribution in [0.25, 0.3) is 6.08 Å². The maximum atomic E-state index is 11.6. The van der Waals surface area contributed by atoms with E-state index >= 15 is 0 Å². The van der Waals surface area contributed by atoms with Gasteiger partial charge in [-0.3, -0.25) is 10.1 Å². The number of carbonyl (C=O) groups is 1. The van der Waals surface area contributed by atoms with Gasteiger partial charge >= 0.3 is 5.97 Å². The third-order valence-electron chi connectivity index (χ3n) is 2.68. The predicted octanol–water partition coefficient (Wildman–Crippen LogP) is 3.22. The van der Waals surface area contributed by atoms with Gasteiger partial charge in [0, 0.05) is 18.6 Å². The number of esters is 1. The minimum Gasteiger partial charge on any atom is -0.427 e. The zero-order valence-electron chi connectivity index (χ0n) is 10.5. The number of ether oxygens (including phenoxy) is 1. The molecule has 0 fully saturated rings. The van der Waals surface area contributed by atoms with Crippen LogP contribution in [0.3, 0.4) is 0 Å². The number of rotatable bonds is 4. The fraction of sp³-hybridized carbons (Fsp3) is 0.214. The van der Waals surface area contributed by atoms with Gasteiger partial charge in [0.25, 0.3) is 5.69 Å². The molecule has 98 valence electrons. The Kier molecular flexibility index (Phi) is 3.75. The standard InChI is InChI=1S/C14H13NO4/c1-2-4-13-9-11(14(16)19-13)7-10-5-3-6-12(8-10)15(17)18/h3,5-9H,2,4H2,1H3. The van der Waals surface area contributed by atoms with Crippen molar-refractivity contribution in [2.45, 2.75) is 19.8 Å². The number of nitro groups is 1. The quantitative estimate of drug-likeness (QED) is 0.360. The van der Waals surface area contributed by atoms with Crippen molar-refractivity contribution in [2.75, 3.05) is 0 Å². The molecule has 1 aliphatic heterocycles. The van der Waals surface area contributed by atoms with Gasteiger partial charge in [-0.25, -0.2) is 4.79 Å². The van der Waals surface area contributed by atoms with E-state index < -0.39 is 10.9 Å². The van der Waals surface area contributed by atoms with Crippen LogP contribution in [0.15, 0.2) is 41.7 Å². The Balaban J connectivity index is 2.28. The number of hydrogen-bond acceptors (Lipinski definition) is 4. The second-order valence-corrected chi connectivity index (χ2v) is 4.20. The topological polar surface area (TPSA) is 69.4 Å². The average Bonchev–Trinajstić information content (AvgIpc) is 2.70. The summed E-state index contributed by atoms with van der Waals surface area (Å²) in [6.07, 6.45) is 4.88. The van der Waals surface area contributed by atoms with Crippen molar-refractivity contribution in [3.63, 3.8) is 0 Å². The van der Waals surface area contributed by atoms with Crippen LogP contribution < -0.4 is 0 Å². The van der Waals surface area contributed by atoms with E-state index in [0.717, 1.165) is 6.42 Å². The number of carbonyl (C=O) groups excluding carboxylic acids is 1. The van der Waals surface area contributed by atoms with Crippen molar-refractivity contribution in [3.8, 4) is 0 Å². The Morgan fingerprint density at radius 3 is 2.89 bits per heavy atom. The lowest BCUT2D eigenvalue weighted by Gasteiger charge is -1.97. The summed E-state index contributed by atoms with van der Waals surface area (Å²) in [4.78, 5) is 21.8. The van der Waals surface area contributed by atoms with E-state index in [1.54, 1.807) is 24.3 Å². The van der Waals surface area contributed by atoms with Gasteiger partial charge in [0.15, 0.2) is 0 Å². The fourth-order valence-electron chi connectivity index (χ4n) is 1.82. The van der Waals surface area contributed by atoms with Crippen LogP contribution in [0.1, 0.15) is 25.3 Å². The highest BCUT2D eigenvalue weighted by atomic mass is 16.6. The van der Waals surface area contributed by atoms with Gasteiger partial charge in [-0.2, -0.15) is 0 Å². The molecular weight excluding hydrogens is 246 g/mol. The smallest absolute Gasteiger partial charge is 0.343 e. The molecule has 19 heavy (non-hydrogen) atoms. The van der Waals surface area contributed by atoms with Gasteiger partial charge in [0.05, 0.1) is 10.5 Å². The number of nitrogens with zero attached hydrogens (tertiary/aromatic N) is 1. The Hall–Kier alpha value is -2.43. The number of non-ortho nitro benzene ring substituents is 1. The monoisotopic (exact) mass is 259 g/mol. The molecule has 5 heteroatoms. The minimum atomic E-state index is -0.465. The first-order chi connectivity index (χ1) is 9.10. The summed E-state index contributed by atoms with van der Waals surface area (Å²) in [5.74, 6) is 0.235. The first-order valence-corrected chi connectivity index (χ1v) is 5.99. The predicted molar refractivity (Wildman–Crippen MR) is 70.2 cm³/mol. The van der Waals surface area contributed by atoms with Crippen LogP contribution in [0, 0.1) is 10.1 Å². The van der Waals surface area contributed by atoms with Gasteiger partial charge in [-0.15, -0.1) is 0 Å². The summed E-state index contributed by atoms with van der Waals surface area (Å²) in [6, 6.07) is 6.12. The molecule has 0 atom stereocenters. The second-order valence-electron chi connectivity index (χ2n) is 4.20. The van der Waals surface area contributed by atoms with Crippen molar-refractivity contribution >= 4 is 17.7 Å². The van der Waals surface area contributed by atoms with Gasteiger partial charge in [0.2, 0.25) is 0 Å². The Bertz CT molecular complexity index is 587. The molecule has 0 radical (unpaired) electrons. The SMILES string of the molecule is CCCC1=CC(=Cc2cccc([N+](=O)[O-])c2)C(=O)O1. The van der Waals surface area contributed by atoms with E-state index in [9.17, 15) is 14.9 Å². The molecule has 1 heterocycles. The molecule has 1 aliphatic rings. The minimum absolute atomic E-state index is 0.00141. The normalized spacial score (nSPS) is 16.4. The molecule has 1 aromatic rings. The maximum absolute atomic E-state index is 11.6. The van der Waals surface area contributed by atoms with E-state index in [0.29, 0.717) is 23.3 Å². The van der Waals surface area contributed by atoms with E-state index in [1.807, 2.05) is 6.92 Å². The molecule has 0 bridgehead atoms. The average molecular weight is 259 g/mol. The second kappa shape index (κ2) is 5.48. The summed E-state index contributed by atoms with van der Waals surface area (Å²) in [5, 5.41) is 10.7. The molecule has 0 spiro atoms. The van der Waals surface area contributed by atoms with Crippen LogP contribution in [-0.2, 0) is 9.53 Å². The summed E-state index contributed by atoms with van der Waals surface area (Å²) >= 11 is 0. The van der Waals surface area contributed by atoms with E-state index in [-0.39, 0.29) is 5.69 Å². The zero-order valence-corrected chi connectivity index (χ0v) is 10.5. The highest BCUT2D eigenvalue weighted by molar-refractivity contribution is 5.99. The molecule has 0 saturated heterocycles. The molecule has 0 amide bonds. The summed E-state index contributed by atoms with van der Waals surface area (Å²) in [7, 11) is 0. The maximum Gasteiger partial charge on any atom is 0.343 e. The highest BCUT2D eigenvalue weighted by Crippen LogP contribution is 2.24. The largest absolute Gasteiger partial charge is 0.427 e. The van der Waals surface area contributed by atoms with Crippen molar-refractivity contribution in [2.24, 2.45) is 0 Å². The van der Waals surface area contributed by atoms with Crippen molar-refractivity contribution in [3.05, 3.63) is 57.4 Å². The van der Waals surface area contributed by atoms with E-state index in [4.69, 9.17) is 4.74 Å². The van der Waals surface area contributed by atoms with Crippen LogP contribution in [0.5, 0.6) is 0 Å². The molecule has 0 aromatic heterocycles. The molecule has 0 N–H and O–H groups in total. The van der Waals surface area contributed by atoms with Gasteiger partial charge < -0.3 is 4.74 Å². The fourth-order valence-corrected chi connectivity index (χ4v) is 1.82. The number of nitro benzene ring substituents is 1. The lowest BCUT2D eigenvalue weighted by Crippen LogP contribution is -1.97. The van der Waals surface area contributed by atoms with Crippen molar-refractivity contribution in [1.82, 2.24) is 0 Å². The van der Waals surface area contributed by atoms with Crippen LogP contribution in [0.2, 0.25) is 0 Å². The molecular formula is C14H13NO4. The lowest BCUT2D eigenvalue weighted by atomic mass is 10.1. The van der Waals surface area contributed by atoms with Crippen molar-refractivity contribution in [1.29, 1.82) is 0 Å². The summed E-state index contributed by atoms with van der Waals surface area (Å²) in [6.45, 7) is 2.00. The van der Waals surface area contributed by atoms with Crippen LogP contribution in [0.4, 0.5) is 5.69 Å². The molecule has 0 aliphatic carbocycles. The highest BCUT2D eigenvalue weighted by Gasteiger charge is 2.20. The van der Waals surface area contributed by atoms with Crippen LogP contribution in [-0.4, -0.2) is 10.9 Å². The Morgan fingerprint density at radius 2 is 2.21 bits per heavy atom. The first kappa shape index (κ1) is 13.0. The molecule has 0 saturated carbocycles. The molecule has 5 nitrogen and oxygen atoms in total. The molecule has 1 aromatic carbocycles. The lowest BCUT2D eigenvalue weighted by molar-refractivity contribution is -0.384. The van der Waals surface area contributed by atoms with Crippen molar-refractivity contribution < 1.29 is 14.5 Å². The Labute approximate surface area is 110 Å². The number of cyclic esters (lactones) is 1. The third kappa shape index (κ3) is 3.07. The zero-order chi connectivity index (χ0) is 13.8. The number of hydrogen-bond donors (Lipinski definition) is 0. The van der Waals surface area contributed by atoms with Gasteiger partial charge in [0.1, 0.15) is 5.76 Å². The number of benzene rings is 1. The summed E-state index contributed by atoms with van der Waals surface area (Å²) in [5.41, 5.74) is 1.03.